The number of pyridine rings is 1. The van der Waals surface area contributed by atoms with E-state index in [0.717, 1.165) is 19.0 Å². The molecule has 1 aromatic heterocycles. The summed E-state index contributed by atoms with van der Waals surface area (Å²) in [6.45, 7) is -0.642. The van der Waals surface area contributed by atoms with E-state index < -0.39 is 64.3 Å². The third-order valence-electron chi connectivity index (χ3n) is 5.48. The molecule has 2 aromatic rings. The fraction of sp³-hybridized carbons (Fsp3) is 0.318. The molecule has 0 radical (unpaired) electrons. The Hall–Kier alpha value is -3.60. The second kappa shape index (κ2) is 9.10. The van der Waals surface area contributed by atoms with Gasteiger partial charge in [0.2, 0.25) is 5.43 Å². The molecule has 33 heavy (non-hydrogen) atoms. The Morgan fingerprint density at radius 2 is 1.94 bits per heavy atom. The Labute approximate surface area is 185 Å². The van der Waals surface area contributed by atoms with Crippen LogP contribution in [0.3, 0.4) is 0 Å². The van der Waals surface area contributed by atoms with E-state index in [1.54, 1.807) is 0 Å². The van der Waals surface area contributed by atoms with Crippen molar-refractivity contribution in [3.8, 4) is 5.75 Å². The van der Waals surface area contributed by atoms with E-state index in [4.69, 9.17) is 4.74 Å². The highest BCUT2D eigenvalue weighted by Gasteiger charge is 2.32. The number of aromatic nitrogens is 1. The Bertz CT molecular complexity index is 1190. The van der Waals surface area contributed by atoms with Gasteiger partial charge in [-0.1, -0.05) is 12.2 Å². The van der Waals surface area contributed by atoms with Crippen LogP contribution in [0.25, 0.3) is 0 Å². The number of aromatic hydroxyl groups is 1. The molecule has 1 aliphatic carbocycles. The maximum absolute atomic E-state index is 13.8. The number of hydrogen-bond acceptors (Lipinski definition) is 5. The first kappa shape index (κ1) is 22.6. The van der Waals surface area contributed by atoms with E-state index in [1.807, 2.05) is 12.2 Å². The Morgan fingerprint density at radius 3 is 2.61 bits per heavy atom. The van der Waals surface area contributed by atoms with Crippen molar-refractivity contribution < 1.29 is 32.6 Å². The van der Waals surface area contributed by atoms with Crippen LogP contribution in [0.1, 0.15) is 45.7 Å². The first-order chi connectivity index (χ1) is 15.7. The monoisotopic (exact) mass is 463 g/mol. The molecule has 2 atom stereocenters. The van der Waals surface area contributed by atoms with Gasteiger partial charge in [-0.2, -0.15) is 0 Å². The number of carbonyl (C=O) groups excluding carboxylic acids is 2. The van der Waals surface area contributed by atoms with Crippen LogP contribution in [-0.4, -0.2) is 33.8 Å². The third-order valence-corrected chi connectivity index (χ3v) is 5.48. The first-order valence-corrected chi connectivity index (χ1v) is 10.2. The lowest BCUT2D eigenvalue weighted by atomic mass is 10.0. The number of ether oxygens (including phenoxy) is 1. The summed E-state index contributed by atoms with van der Waals surface area (Å²) < 4.78 is 47.8. The number of nitrogens with zero attached hydrogens (tertiary/aromatic N) is 1. The normalized spacial score (nSPS) is 19.7. The van der Waals surface area contributed by atoms with Crippen LogP contribution in [0.4, 0.5) is 13.2 Å². The van der Waals surface area contributed by atoms with Crippen molar-refractivity contribution in [2.75, 3.05) is 0 Å². The largest absolute Gasteiger partial charge is 0.503 e. The molecule has 174 valence electrons. The van der Waals surface area contributed by atoms with Crippen LogP contribution in [0.5, 0.6) is 5.75 Å². The number of halogens is 3. The van der Waals surface area contributed by atoms with Crippen molar-refractivity contribution in [3.63, 3.8) is 0 Å². The van der Waals surface area contributed by atoms with Crippen LogP contribution in [0.2, 0.25) is 0 Å². The predicted octanol–water partition coefficient (Wildman–Crippen LogP) is 2.10. The average Bonchev–Trinajstić information content (AvgIpc) is 2.75. The summed E-state index contributed by atoms with van der Waals surface area (Å²) in [6, 6.07) is 0.927. The molecule has 0 unspecified atom stereocenters. The number of allylic oxidation sites excluding steroid dienone is 1. The summed E-state index contributed by atoms with van der Waals surface area (Å²) in [5, 5.41) is 15.0. The zero-order valence-corrected chi connectivity index (χ0v) is 17.2. The van der Waals surface area contributed by atoms with Gasteiger partial charge in [-0.3, -0.25) is 14.4 Å². The first-order valence-electron chi connectivity index (χ1n) is 10.2. The fourth-order valence-electron chi connectivity index (χ4n) is 3.84. The smallest absolute Gasteiger partial charge is 0.273 e. The van der Waals surface area contributed by atoms with Crippen molar-refractivity contribution in [3.05, 3.63) is 75.0 Å². The van der Waals surface area contributed by atoms with Crippen molar-refractivity contribution in [2.45, 2.75) is 44.7 Å². The molecule has 11 heteroatoms. The summed E-state index contributed by atoms with van der Waals surface area (Å²) in [6.07, 6.45) is 6.53. The van der Waals surface area contributed by atoms with E-state index in [1.165, 1.54) is 4.57 Å². The molecule has 1 aliphatic heterocycles. The molecule has 2 heterocycles. The minimum absolute atomic E-state index is 0.0244. The maximum Gasteiger partial charge on any atom is 0.273 e. The van der Waals surface area contributed by atoms with E-state index in [0.29, 0.717) is 18.6 Å². The van der Waals surface area contributed by atoms with Crippen LogP contribution in [0, 0.1) is 17.5 Å². The third kappa shape index (κ3) is 4.63. The molecule has 0 saturated carbocycles. The SMILES string of the molecule is O=C(NCc1c(F)cc(F)cc1F)c1cn2c(c(O)c1=O)C(=O)N[C@H](O[C@@H]1CC=CCC1)C2. The molecule has 1 aromatic carbocycles. The van der Waals surface area contributed by atoms with Crippen LogP contribution >= 0.6 is 0 Å². The summed E-state index contributed by atoms with van der Waals surface area (Å²) >= 11 is 0. The summed E-state index contributed by atoms with van der Waals surface area (Å²) in [7, 11) is 0. The van der Waals surface area contributed by atoms with Gasteiger partial charge in [0.25, 0.3) is 11.8 Å². The van der Waals surface area contributed by atoms with Gasteiger partial charge in [0, 0.05) is 30.4 Å². The summed E-state index contributed by atoms with van der Waals surface area (Å²) in [5.74, 6) is -6.22. The molecule has 3 N–H and O–H groups in total. The molecule has 2 aliphatic rings. The number of carbonyl (C=O) groups is 2. The number of hydrogen-bond donors (Lipinski definition) is 3. The molecular weight excluding hydrogens is 443 g/mol. The second-order valence-electron chi connectivity index (χ2n) is 7.76. The number of amides is 2. The van der Waals surface area contributed by atoms with Crippen LogP contribution in [0.15, 0.2) is 35.3 Å². The van der Waals surface area contributed by atoms with Crippen molar-refractivity contribution in [2.24, 2.45) is 0 Å². The minimum atomic E-state index is -1.20. The lowest BCUT2D eigenvalue weighted by Crippen LogP contribution is -2.48. The standard InChI is InChI=1S/C22H20F3N3O5/c23-11-6-15(24)13(16(25)7-11)8-26-21(31)14-9-28-10-17(33-12-4-2-1-3-5-12)27-22(32)18(28)20(30)19(14)29/h1-2,6-7,9,12,17,30H,3-5,8,10H2,(H,26,31)(H,27,32)/t12-,17-/m1/s1. The van der Waals surface area contributed by atoms with Gasteiger partial charge in [-0.25, -0.2) is 13.2 Å². The lowest BCUT2D eigenvalue weighted by Gasteiger charge is -2.31. The van der Waals surface area contributed by atoms with Gasteiger partial charge >= 0.3 is 0 Å². The van der Waals surface area contributed by atoms with E-state index >= 15 is 0 Å². The van der Waals surface area contributed by atoms with Gasteiger partial charge in [0.15, 0.2) is 11.4 Å². The van der Waals surface area contributed by atoms with Gasteiger partial charge < -0.3 is 25.0 Å². The number of benzene rings is 1. The molecule has 0 spiro atoms. The van der Waals surface area contributed by atoms with E-state index in [-0.39, 0.29) is 18.3 Å². The molecule has 8 nitrogen and oxygen atoms in total. The molecule has 0 bridgehead atoms. The Balaban J connectivity index is 1.55. The minimum Gasteiger partial charge on any atom is -0.503 e. The highest BCUT2D eigenvalue weighted by atomic mass is 19.1. The topological polar surface area (TPSA) is 110 Å². The number of rotatable bonds is 5. The predicted molar refractivity (Wildman–Crippen MR) is 109 cm³/mol. The average molecular weight is 463 g/mol. The highest BCUT2D eigenvalue weighted by Crippen LogP contribution is 2.22. The van der Waals surface area contributed by atoms with Crippen LogP contribution < -0.4 is 16.1 Å². The second-order valence-corrected chi connectivity index (χ2v) is 7.76. The van der Waals surface area contributed by atoms with Crippen molar-refractivity contribution in [1.82, 2.24) is 15.2 Å². The molecular formula is C22H20F3N3O5. The van der Waals surface area contributed by atoms with E-state index in [9.17, 15) is 32.7 Å². The zero-order valence-electron chi connectivity index (χ0n) is 17.2. The lowest BCUT2D eigenvalue weighted by molar-refractivity contribution is -0.0423. The van der Waals surface area contributed by atoms with Gasteiger partial charge in [-0.15, -0.1) is 0 Å². The Morgan fingerprint density at radius 1 is 1.21 bits per heavy atom. The molecule has 4 rings (SSSR count). The molecule has 2 amide bonds. The van der Waals surface area contributed by atoms with Gasteiger partial charge in [-0.05, 0) is 19.3 Å². The molecule has 0 saturated heterocycles. The number of nitrogens with one attached hydrogen (secondary N) is 2. The highest BCUT2D eigenvalue weighted by molar-refractivity contribution is 5.99. The van der Waals surface area contributed by atoms with Gasteiger partial charge in [0.1, 0.15) is 29.2 Å². The van der Waals surface area contributed by atoms with Gasteiger partial charge in [0.05, 0.1) is 12.6 Å². The summed E-state index contributed by atoms with van der Waals surface area (Å²) in [4.78, 5) is 37.5. The van der Waals surface area contributed by atoms with Crippen LogP contribution in [-0.2, 0) is 17.8 Å². The molecule has 0 fully saturated rings. The number of fused-ring (bicyclic) bond motifs is 1. The Kier molecular flexibility index (Phi) is 6.23. The zero-order chi connectivity index (χ0) is 23.7. The quantitative estimate of drug-likeness (QED) is 0.589. The summed E-state index contributed by atoms with van der Waals surface area (Å²) in [5.41, 5.74) is -2.57. The van der Waals surface area contributed by atoms with E-state index in [2.05, 4.69) is 10.6 Å². The maximum atomic E-state index is 13.8. The van der Waals surface area contributed by atoms with Crippen molar-refractivity contribution >= 4 is 11.8 Å². The van der Waals surface area contributed by atoms with Crippen molar-refractivity contribution in [1.29, 1.82) is 0 Å². The fourth-order valence-corrected chi connectivity index (χ4v) is 3.84.